The van der Waals surface area contributed by atoms with Gasteiger partial charge in [-0.3, -0.25) is 0 Å². The van der Waals surface area contributed by atoms with Crippen molar-refractivity contribution in [2.45, 2.75) is 25.7 Å². The molecule has 0 aliphatic rings. The van der Waals surface area contributed by atoms with E-state index in [1.165, 1.54) is 20.1 Å². The molecule has 0 aliphatic heterocycles. The van der Waals surface area contributed by atoms with E-state index in [2.05, 4.69) is 4.98 Å². The predicted molar refractivity (Wildman–Crippen MR) is 78.7 cm³/mol. The predicted octanol–water partition coefficient (Wildman–Crippen LogP) is 1.96. The quantitative estimate of drug-likeness (QED) is 0.628. The molecule has 1 aromatic carbocycles. The summed E-state index contributed by atoms with van der Waals surface area (Å²) < 4.78 is 31.4. The average molecular weight is 325 g/mol. The molecule has 0 bridgehead atoms. The van der Waals surface area contributed by atoms with E-state index < -0.39 is 20.8 Å². The lowest BCUT2D eigenvalue weighted by molar-refractivity contribution is -0.390. The Morgan fingerprint density at radius 3 is 2.41 bits per heavy atom. The smallest absolute Gasteiger partial charge is 0.358 e. The van der Waals surface area contributed by atoms with Crippen molar-refractivity contribution in [2.24, 2.45) is 0 Å². The van der Waals surface area contributed by atoms with Gasteiger partial charge in [0.1, 0.15) is 16.8 Å². The van der Waals surface area contributed by atoms with E-state index >= 15 is 0 Å². The summed E-state index contributed by atoms with van der Waals surface area (Å²) in [6, 6.07) is 3.02. The van der Waals surface area contributed by atoms with Gasteiger partial charge in [0.2, 0.25) is 5.82 Å². The van der Waals surface area contributed by atoms with E-state index in [0.717, 1.165) is 11.8 Å². The highest BCUT2D eigenvalue weighted by Crippen LogP contribution is 2.30. The van der Waals surface area contributed by atoms with Gasteiger partial charge < -0.3 is 14.9 Å². The molecule has 0 spiro atoms. The van der Waals surface area contributed by atoms with Crippen LogP contribution in [0.4, 0.5) is 5.82 Å². The Hall–Kier alpha value is -2.42. The Morgan fingerprint density at radius 2 is 1.86 bits per heavy atom. The van der Waals surface area contributed by atoms with Gasteiger partial charge in [0.15, 0.2) is 0 Å². The van der Waals surface area contributed by atoms with Crippen LogP contribution in [0.5, 0.6) is 5.75 Å². The first-order valence-corrected chi connectivity index (χ1v) is 7.73. The third kappa shape index (κ3) is 2.43. The van der Waals surface area contributed by atoms with Crippen LogP contribution < -0.4 is 4.74 Å². The largest absolute Gasteiger partial charge is 0.496 e. The molecule has 2 rings (SSSR count). The summed E-state index contributed by atoms with van der Waals surface area (Å²) >= 11 is 0. The van der Waals surface area contributed by atoms with Crippen molar-refractivity contribution < 1.29 is 18.1 Å². The highest BCUT2D eigenvalue weighted by atomic mass is 32.2. The minimum atomic E-state index is -4.15. The molecule has 0 fully saturated rings. The summed E-state index contributed by atoms with van der Waals surface area (Å²) in [6.07, 6.45) is 0.924. The third-order valence-electron chi connectivity index (χ3n) is 3.27. The van der Waals surface area contributed by atoms with Crippen molar-refractivity contribution in [1.29, 1.82) is 0 Å². The lowest BCUT2D eigenvalue weighted by Gasteiger charge is -2.11. The summed E-state index contributed by atoms with van der Waals surface area (Å²) in [5, 5.41) is 11.0. The Balaban J connectivity index is 2.77. The van der Waals surface area contributed by atoms with Gasteiger partial charge in [-0.2, -0.15) is 8.42 Å². The molecule has 0 N–H and O–H groups in total. The molecule has 0 radical (unpaired) electrons. The fourth-order valence-corrected chi connectivity index (χ4v) is 3.92. The number of nitro groups is 1. The highest BCUT2D eigenvalue weighted by Gasteiger charge is 2.33. The van der Waals surface area contributed by atoms with E-state index in [4.69, 9.17) is 4.74 Å². The molecule has 1 heterocycles. The second-order valence-electron chi connectivity index (χ2n) is 4.78. The molecule has 8 nitrogen and oxygen atoms in total. The van der Waals surface area contributed by atoms with Crippen LogP contribution in [0.1, 0.15) is 17.0 Å². The SMILES string of the molecule is COc1cc(S(=O)(=O)n2c([N+](=O)[O-])cnc2C)c(C)cc1C. The summed E-state index contributed by atoms with van der Waals surface area (Å²) in [5.41, 5.74) is 1.25. The number of benzene rings is 1. The van der Waals surface area contributed by atoms with Gasteiger partial charge >= 0.3 is 15.8 Å². The maximum absolute atomic E-state index is 12.8. The Labute approximate surface area is 127 Å². The van der Waals surface area contributed by atoms with Crippen LogP contribution in [0.3, 0.4) is 0 Å². The van der Waals surface area contributed by atoms with Crippen LogP contribution in [0.25, 0.3) is 0 Å². The van der Waals surface area contributed by atoms with Crippen molar-refractivity contribution in [3.63, 3.8) is 0 Å². The van der Waals surface area contributed by atoms with Gasteiger partial charge in [0, 0.05) is 13.0 Å². The summed E-state index contributed by atoms with van der Waals surface area (Å²) in [6.45, 7) is 4.80. The van der Waals surface area contributed by atoms with Crippen molar-refractivity contribution in [2.75, 3.05) is 7.11 Å². The van der Waals surface area contributed by atoms with Crippen molar-refractivity contribution in [3.8, 4) is 5.75 Å². The van der Waals surface area contributed by atoms with Crippen LogP contribution >= 0.6 is 0 Å². The summed E-state index contributed by atoms with van der Waals surface area (Å²) in [4.78, 5) is 13.9. The molecule has 0 saturated carbocycles. The number of nitrogens with zero attached hydrogens (tertiary/aromatic N) is 3. The molecule has 0 aliphatic carbocycles. The van der Waals surface area contributed by atoms with Crippen LogP contribution in [-0.2, 0) is 10.0 Å². The normalized spacial score (nSPS) is 11.5. The molecule has 0 atom stereocenters. The van der Waals surface area contributed by atoms with E-state index in [0.29, 0.717) is 15.3 Å². The lowest BCUT2D eigenvalue weighted by Crippen LogP contribution is -2.18. The van der Waals surface area contributed by atoms with E-state index in [-0.39, 0.29) is 10.7 Å². The Morgan fingerprint density at radius 1 is 1.23 bits per heavy atom. The fourth-order valence-electron chi connectivity index (χ4n) is 2.25. The summed E-state index contributed by atoms with van der Waals surface area (Å²) in [7, 11) is -2.72. The van der Waals surface area contributed by atoms with Gasteiger partial charge in [-0.1, -0.05) is 10.0 Å². The Kier molecular flexibility index (Phi) is 3.92. The molecule has 9 heteroatoms. The number of aromatic nitrogens is 2. The van der Waals surface area contributed by atoms with Crippen molar-refractivity contribution in [1.82, 2.24) is 8.96 Å². The topological polar surface area (TPSA) is 104 Å². The minimum Gasteiger partial charge on any atom is -0.496 e. The zero-order valence-electron chi connectivity index (χ0n) is 12.5. The lowest BCUT2D eigenvalue weighted by atomic mass is 10.1. The molecular formula is C13H15N3O5S. The second-order valence-corrected chi connectivity index (χ2v) is 6.53. The highest BCUT2D eigenvalue weighted by molar-refractivity contribution is 7.90. The van der Waals surface area contributed by atoms with Crippen molar-refractivity contribution >= 4 is 15.8 Å². The monoisotopic (exact) mass is 325 g/mol. The maximum atomic E-state index is 12.8. The molecule has 1 aromatic heterocycles. The Bertz CT molecular complexity index is 855. The van der Waals surface area contributed by atoms with Gasteiger partial charge in [-0.15, -0.1) is 0 Å². The number of ether oxygens (including phenoxy) is 1. The van der Waals surface area contributed by atoms with Gasteiger partial charge in [-0.05, 0) is 29.9 Å². The zero-order chi connectivity index (χ0) is 16.7. The molecule has 22 heavy (non-hydrogen) atoms. The average Bonchev–Trinajstić information content (AvgIpc) is 2.81. The molecule has 0 saturated heterocycles. The van der Waals surface area contributed by atoms with Crippen LogP contribution in [0.15, 0.2) is 23.2 Å². The van der Waals surface area contributed by atoms with Gasteiger partial charge in [0.05, 0.1) is 7.11 Å². The molecule has 0 unspecified atom stereocenters. The summed E-state index contributed by atoms with van der Waals surface area (Å²) in [5.74, 6) is -0.188. The number of rotatable bonds is 4. The zero-order valence-corrected chi connectivity index (χ0v) is 13.3. The van der Waals surface area contributed by atoms with Gasteiger partial charge in [0.25, 0.3) is 0 Å². The standard InChI is InChI=1S/C13H15N3O5S/c1-8-5-9(2)12(6-11(8)21-4)22(19,20)15-10(3)14-7-13(15)16(17)18/h5-7H,1-4H3. The first-order valence-electron chi connectivity index (χ1n) is 6.29. The molecular weight excluding hydrogens is 310 g/mol. The van der Waals surface area contributed by atoms with E-state index in [1.807, 2.05) is 0 Å². The van der Waals surface area contributed by atoms with E-state index in [9.17, 15) is 18.5 Å². The number of methoxy groups -OCH3 is 1. The number of imidazole rings is 1. The first-order chi connectivity index (χ1) is 10.2. The second kappa shape index (κ2) is 5.41. The fraction of sp³-hybridized carbons (Fsp3) is 0.308. The van der Waals surface area contributed by atoms with Crippen LogP contribution in [0, 0.1) is 30.9 Å². The number of hydrogen-bond acceptors (Lipinski definition) is 6. The first kappa shape index (κ1) is 16.0. The van der Waals surface area contributed by atoms with Crippen molar-refractivity contribution in [3.05, 3.63) is 45.4 Å². The minimum absolute atomic E-state index is 0.0191. The molecule has 2 aromatic rings. The number of aryl methyl sites for hydroxylation is 3. The van der Waals surface area contributed by atoms with Crippen LogP contribution in [0.2, 0.25) is 0 Å². The van der Waals surface area contributed by atoms with Gasteiger partial charge in [-0.25, -0.2) is 4.98 Å². The number of hydrogen-bond donors (Lipinski definition) is 0. The molecule has 118 valence electrons. The van der Waals surface area contributed by atoms with Crippen LogP contribution in [-0.4, -0.2) is 29.4 Å². The maximum Gasteiger partial charge on any atom is 0.358 e. The third-order valence-corrected chi connectivity index (χ3v) is 5.19. The van der Waals surface area contributed by atoms with E-state index in [1.54, 1.807) is 19.9 Å². The molecule has 0 amide bonds.